The zero-order valence-corrected chi connectivity index (χ0v) is 11.2. The number of hydrogen-bond acceptors (Lipinski definition) is 4. The van der Waals surface area contributed by atoms with Crippen LogP contribution in [0.1, 0.15) is 30.8 Å². The molecule has 2 N–H and O–H groups in total. The van der Waals surface area contributed by atoms with Crippen LogP contribution < -0.4 is 5.32 Å². The Morgan fingerprint density at radius 3 is 3.12 bits per heavy atom. The quantitative estimate of drug-likeness (QED) is 0.794. The second kappa shape index (κ2) is 6.14. The zero-order chi connectivity index (χ0) is 12.1. The minimum absolute atomic E-state index is 0.341. The van der Waals surface area contributed by atoms with Gasteiger partial charge in [-0.3, -0.25) is 5.10 Å². The van der Waals surface area contributed by atoms with Crippen molar-refractivity contribution in [1.82, 2.24) is 20.5 Å². The van der Waals surface area contributed by atoms with E-state index in [0.29, 0.717) is 6.04 Å². The number of halogens is 1. The van der Waals surface area contributed by atoms with Crippen molar-refractivity contribution in [2.24, 2.45) is 0 Å². The van der Waals surface area contributed by atoms with E-state index < -0.39 is 0 Å². The molecule has 0 aromatic carbocycles. The Morgan fingerprint density at radius 1 is 1.59 bits per heavy atom. The van der Waals surface area contributed by atoms with Gasteiger partial charge in [-0.25, -0.2) is 4.98 Å². The van der Waals surface area contributed by atoms with Gasteiger partial charge in [0.15, 0.2) is 0 Å². The third-order valence-corrected chi connectivity index (χ3v) is 3.70. The molecule has 17 heavy (non-hydrogen) atoms. The molecule has 2 rings (SSSR count). The molecule has 2 aromatic rings. The van der Waals surface area contributed by atoms with Gasteiger partial charge in [0.05, 0.1) is 4.34 Å². The number of rotatable bonds is 6. The molecule has 0 saturated heterocycles. The van der Waals surface area contributed by atoms with Crippen molar-refractivity contribution < 1.29 is 0 Å². The summed E-state index contributed by atoms with van der Waals surface area (Å²) in [6.45, 7) is 3.10. The molecule has 2 heterocycles. The van der Waals surface area contributed by atoms with Gasteiger partial charge in [0.1, 0.15) is 12.2 Å². The molecular formula is C11H15ClN4S. The minimum atomic E-state index is 0.341. The highest BCUT2D eigenvalue weighted by Gasteiger charge is 2.06. The summed E-state index contributed by atoms with van der Waals surface area (Å²) in [6.07, 6.45) is 3.50. The molecular weight excluding hydrogens is 256 g/mol. The lowest BCUT2D eigenvalue weighted by molar-refractivity contribution is 0.555. The minimum Gasteiger partial charge on any atom is -0.310 e. The van der Waals surface area contributed by atoms with Crippen LogP contribution in [0.5, 0.6) is 0 Å². The van der Waals surface area contributed by atoms with Crippen molar-refractivity contribution in [2.45, 2.75) is 25.8 Å². The fourth-order valence-corrected chi connectivity index (χ4v) is 2.58. The van der Waals surface area contributed by atoms with Gasteiger partial charge in [0.2, 0.25) is 0 Å². The molecule has 0 saturated carbocycles. The summed E-state index contributed by atoms with van der Waals surface area (Å²) in [5, 5.41) is 12.2. The van der Waals surface area contributed by atoms with Gasteiger partial charge in [0.25, 0.3) is 0 Å². The fraction of sp³-hybridized carbons (Fsp3) is 0.455. The normalized spacial score (nSPS) is 12.8. The summed E-state index contributed by atoms with van der Waals surface area (Å²) in [7, 11) is 0. The topological polar surface area (TPSA) is 53.6 Å². The zero-order valence-electron chi connectivity index (χ0n) is 9.61. The number of nitrogens with one attached hydrogen (secondary N) is 2. The second-order valence-corrected chi connectivity index (χ2v) is 5.44. The Morgan fingerprint density at radius 2 is 2.47 bits per heavy atom. The predicted octanol–water partition coefficient (Wildman–Crippen LogP) is 2.80. The average Bonchev–Trinajstić information content (AvgIpc) is 2.95. The summed E-state index contributed by atoms with van der Waals surface area (Å²) in [4.78, 5) is 4.08. The first-order valence-corrected chi connectivity index (χ1v) is 6.83. The van der Waals surface area contributed by atoms with Gasteiger partial charge in [0, 0.05) is 12.5 Å². The number of aromatic nitrogens is 3. The van der Waals surface area contributed by atoms with Gasteiger partial charge in [-0.15, -0.1) is 11.3 Å². The fourth-order valence-electron chi connectivity index (χ4n) is 1.59. The highest BCUT2D eigenvalue weighted by molar-refractivity contribution is 7.14. The number of H-pyrrole nitrogens is 1. The molecule has 0 bridgehead atoms. The van der Waals surface area contributed by atoms with Crippen molar-refractivity contribution in [3.8, 4) is 0 Å². The Labute approximate surface area is 109 Å². The monoisotopic (exact) mass is 270 g/mol. The Balaban J connectivity index is 1.68. The van der Waals surface area contributed by atoms with Crippen LogP contribution in [0.2, 0.25) is 4.34 Å². The maximum absolute atomic E-state index is 5.90. The van der Waals surface area contributed by atoms with E-state index in [0.717, 1.165) is 29.5 Å². The smallest absolute Gasteiger partial charge is 0.137 e. The molecule has 1 unspecified atom stereocenters. The first-order valence-electron chi connectivity index (χ1n) is 5.57. The van der Waals surface area contributed by atoms with E-state index in [2.05, 4.69) is 32.8 Å². The molecule has 0 fully saturated rings. The van der Waals surface area contributed by atoms with Gasteiger partial charge in [-0.05, 0) is 36.9 Å². The van der Waals surface area contributed by atoms with Crippen molar-refractivity contribution in [2.75, 3.05) is 6.54 Å². The highest BCUT2D eigenvalue weighted by Crippen LogP contribution is 2.24. The van der Waals surface area contributed by atoms with E-state index >= 15 is 0 Å². The van der Waals surface area contributed by atoms with Gasteiger partial charge in [-0.1, -0.05) is 11.6 Å². The van der Waals surface area contributed by atoms with Crippen LogP contribution in [0.3, 0.4) is 0 Å². The summed E-state index contributed by atoms with van der Waals surface area (Å²) in [6, 6.07) is 2.36. The largest absolute Gasteiger partial charge is 0.310 e. The van der Waals surface area contributed by atoms with Crippen LogP contribution in [0.15, 0.2) is 17.8 Å². The maximum Gasteiger partial charge on any atom is 0.137 e. The highest BCUT2D eigenvalue weighted by atomic mass is 35.5. The molecule has 92 valence electrons. The molecule has 4 nitrogen and oxygen atoms in total. The standard InChI is InChI=1S/C11H15ClN4S/c1-8(9-5-10(12)17-6-9)13-4-2-3-11-14-7-15-16-11/h5-8,13H,2-4H2,1H3,(H,14,15,16). The van der Waals surface area contributed by atoms with Crippen LogP contribution in [-0.2, 0) is 6.42 Å². The van der Waals surface area contributed by atoms with E-state index in [9.17, 15) is 0 Å². The average molecular weight is 271 g/mol. The molecule has 0 spiro atoms. The summed E-state index contributed by atoms with van der Waals surface area (Å²) in [5.41, 5.74) is 1.25. The van der Waals surface area contributed by atoms with Crippen molar-refractivity contribution in [3.63, 3.8) is 0 Å². The van der Waals surface area contributed by atoms with E-state index in [1.54, 1.807) is 17.7 Å². The number of nitrogens with zero attached hydrogens (tertiary/aromatic N) is 2. The maximum atomic E-state index is 5.90. The SMILES string of the molecule is CC(NCCCc1ncn[nH]1)c1csc(Cl)c1. The first-order chi connectivity index (χ1) is 8.25. The molecule has 2 aromatic heterocycles. The van der Waals surface area contributed by atoms with E-state index in [1.807, 2.05) is 6.07 Å². The molecule has 0 aliphatic heterocycles. The van der Waals surface area contributed by atoms with Crippen molar-refractivity contribution >= 4 is 22.9 Å². The molecule has 0 amide bonds. The Bertz CT molecular complexity index is 440. The summed E-state index contributed by atoms with van der Waals surface area (Å²) >= 11 is 7.48. The van der Waals surface area contributed by atoms with Crippen LogP contribution in [0, 0.1) is 0 Å². The second-order valence-electron chi connectivity index (χ2n) is 3.90. The van der Waals surface area contributed by atoms with Crippen molar-refractivity contribution in [3.05, 3.63) is 33.5 Å². The molecule has 1 atom stereocenters. The van der Waals surface area contributed by atoms with Crippen LogP contribution in [-0.4, -0.2) is 21.7 Å². The molecule has 6 heteroatoms. The third-order valence-electron chi connectivity index (χ3n) is 2.59. The van der Waals surface area contributed by atoms with E-state index in [1.165, 1.54) is 5.56 Å². The molecule has 0 aliphatic carbocycles. The lowest BCUT2D eigenvalue weighted by Gasteiger charge is -2.11. The van der Waals surface area contributed by atoms with Crippen LogP contribution in [0.4, 0.5) is 0 Å². The van der Waals surface area contributed by atoms with Crippen molar-refractivity contribution in [1.29, 1.82) is 0 Å². The Hall–Kier alpha value is -0.910. The van der Waals surface area contributed by atoms with E-state index in [-0.39, 0.29) is 0 Å². The first kappa shape index (κ1) is 12.5. The van der Waals surface area contributed by atoms with Crippen LogP contribution in [0.25, 0.3) is 0 Å². The molecule has 0 radical (unpaired) electrons. The summed E-state index contributed by atoms with van der Waals surface area (Å²) < 4.78 is 0.843. The number of aryl methyl sites for hydroxylation is 1. The number of thiophene rings is 1. The number of aromatic amines is 1. The predicted molar refractivity (Wildman–Crippen MR) is 70.5 cm³/mol. The van der Waals surface area contributed by atoms with Gasteiger partial charge >= 0.3 is 0 Å². The van der Waals surface area contributed by atoms with E-state index in [4.69, 9.17) is 11.6 Å². The Kier molecular flexibility index (Phi) is 4.53. The number of hydrogen-bond donors (Lipinski definition) is 2. The van der Waals surface area contributed by atoms with Crippen LogP contribution >= 0.6 is 22.9 Å². The van der Waals surface area contributed by atoms with Gasteiger partial charge < -0.3 is 5.32 Å². The lowest BCUT2D eigenvalue weighted by atomic mass is 10.2. The molecule has 0 aliphatic rings. The van der Waals surface area contributed by atoms with Gasteiger partial charge in [-0.2, -0.15) is 5.10 Å². The summed E-state index contributed by atoms with van der Waals surface area (Å²) in [5.74, 6) is 0.943. The lowest BCUT2D eigenvalue weighted by Crippen LogP contribution is -2.19. The third kappa shape index (κ3) is 3.80.